The molecular formula is C37H47FN2O9S. The maximum Gasteiger partial charge on any atom is 0.302 e. The number of halogens is 1. The summed E-state index contributed by atoms with van der Waals surface area (Å²) in [5.41, 5.74) is 2.26. The van der Waals surface area contributed by atoms with Crippen LogP contribution >= 0.6 is 0 Å². The number of esters is 2. The zero-order chi connectivity index (χ0) is 36.7. The molecule has 2 atom stereocenters. The average Bonchev–Trinajstić information content (AvgIpc) is 3.08. The van der Waals surface area contributed by atoms with Crippen molar-refractivity contribution in [1.82, 2.24) is 4.72 Å². The summed E-state index contributed by atoms with van der Waals surface area (Å²) in [6.07, 6.45) is 3.85. The van der Waals surface area contributed by atoms with Gasteiger partial charge in [0.2, 0.25) is 15.9 Å². The van der Waals surface area contributed by atoms with E-state index in [4.69, 9.17) is 9.47 Å². The molecule has 0 aliphatic carbocycles. The first-order valence-corrected chi connectivity index (χ1v) is 18.3. The van der Waals surface area contributed by atoms with Crippen molar-refractivity contribution in [3.63, 3.8) is 0 Å². The summed E-state index contributed by atoms with van der Waals surface area (Å²) in [7, 11) is -3.16. The number of nitrogens with one attached hydrogen (secondary N) is 1. The highest BCUT2D eigenvalue weighted by Crippen LogP contribution is 2.31. The van der Waals surface area contributed by atoms with Crippen molar-refractivity contribution in [1.29, 1.82) is 0 Å². The molecule has 0 bridgehead atoms. The lowest BCUT2D eigenvalue weighted by molar-refractivity contribution is -0.161. The first kappa shape index (κ1) is 40.3. The summed E-state index contributed by atoms with van der Waals surface area (Å²) in [5.74, 6) is -1.36. The van der Waals surface area contributed by atoms with Crippen LogP contribution in [-0.2, 0) is 46.7 Å². The monoisotopic (exact) mass is 714 g/mol. The minimum atomic E-state index is -3.16. The number of β-lactam (4-membered cyclic amide) rings is 1. The highest BCUT2D eigenvalue weighted by atomic mass is 32.2. The second-order valence-corrected chi connectivity index (χ2v) is 14.3. The van der Waals surface area contributed by atoms with Crippen LogP contribution in [0, 0.1) is 11.7 Å². The quantitative estimate of drug-likeness (QED) is 0.106. The fraction of sp³-hybridized carbons (Fsp3) is 0.432. The second-order valence-electron chi connectivity index (χ2n) is 12.5. The number of hydrogen-bond acceptors (Lipinski definition) is 9. The molecule has 13 heteroatoms. The van der Waals surface area contributed by atoms with Crippen molar-refractivity contribution in [3.05, 3.63) is 101 Å². The van der Waals surface area contributed by atoms with Gasteiger partial charge in [0.05, 0.1) is 18.3 Å². The maximum atomic E-state index is 13.0. The molecule has 3 N–H and O–H groups in total. The number of carbonyl (C=O) groups excluding carboxylic acids is 3. The lowest BCUT2D eigenvalue weighted by Crippen LogP contribution is -2.52. The molecule has 272 valence electrons. The maximum absolute atomic E-state index is 13.0. The Hall–Kier alpha value is -4.17. The van der Waals surface area contributed by atoms with E-state index in [-0.39, 0.29) is 30.9 Å². The third kappa shape index (κ3) is 14.4. The van der Waals surface area contributed by atoms with E-state index < -0.39 is 33.7 Å². The van der Waals surface area contributed by atoms with Crippen molar-refractivity contribution in [2.24, 2.45) is 5.92 Å². The summed E-state index contributed by atoms with van der Waals surface area (Å²) in [5, 5.41) is 20.6. The van der Waals surface area contributed by atoms with Crippen LogP contribution in [0.3, 0.4) is 0 Å². The first-order valence-electron chi connectivity index (χ1n) is 16.5. The zero-order valence-electron chi connectivity index (χ0n) is 28.7. The molecule has 0 spiro atoms. The van der Waals surface area contributed by atoms with Crippen LogP contribution < -0.4 is 9.62 Å². The number of benzene rings is 3. The Morgan fingerprint density at radius 3 is 2.06 bits per heavy atom. The Morgan fingerprint density at radius 1 is 0.940 bits per heavy atom. The van der Waals surface area contributed by atoms with Gasteiger partial charge >= 0.3 is 11.9 Å². The van der Waals surface area contributed by atoms with Crippen LogP contribution in [0.1, 0.15) is 62.3 Å². The fourth-order valence-corrected chi connectivity index (χ4v) is 5.74. The van der Waals surface area contributed by atoms with Gasteiger partial charge in [0, 0.05) is 32.6 Å². The normalized spacial score (nSPS) is 15.0. The standard InChI is InChI=1S/C22H27FN2O4S.C15H20O5/c1-30(28,29)24-14-2-3-16-4-11-20(12-5-16)25-15-18(22(25)27)8-13-21(26)17-6-9-19(23)10-7-17;1-12(16)19-10-15(18,11-20-13(2)17)9-8-14-6-4-3-5-7-14/h4-7,9-12,18,21,24,26H,2-3,8,13-15H2,1H3;3-7,18H,8-11H2,1-2H3. The largest absolute Gasteiger partial charge is 0.463 e. The molecule has 1 saturated heterocycles. The SMILES string of the molecule is CC(=O)OCC(O)(CCc1ccccc1)COC(C)=O.CS(=O)(=O)NCCCc1ccc(N2CC(CCC(O)c3ccc(F)cc3)C2=O)cc1. The fourth-order valence-electron chi connectivity index (χ4n) is 5.23. The lowest BCUT2D eigenvalue weighted by atomic mass is 9.90. The van der Waals surface area contributed by atoms with Crippen LogP contribution in [0.15, 0.2) is 78.9 Å². The average molecular weight is 715 g/mol. The van der Waals surface area contributed by atoms with Crippen molar-refractivity contribution >= 4 is 33.6 Å². The van der Waals surface area contributed by atoms with E-state index in [1.807, 2.05) is 54.6 Å². The van der Waals surface area contributed by atoms with Gasteiger partial charge < -0.3 is 24.6 Å². The van der Waals surface area contributed by atoms with Crippen LogP contribution in [0.5, 0.6) is 0 Å². The van der Waals surface area contributed by atoms with E-state index in [1.165, 1.54) is 26.0 Å². The molecule has 1 heterocycles. The molecule has 3 aromatic carbocycles. The van der Waals surface area contributed by atoms with Gasteiger partial charge in [0.25, 0.3) is 0 Å². The summed E-state index contributed by atoms with van der Waals surface area (Å²) in [6.45, 7) is 3.17. The number of aliphatic hydroxyl groups excluding tert-OH is 1. The van der Waals surface area contributed by atoms with Crippen LogP contribution in [-0.4, -0.2) is 74.6 Å². The molecule has 1 fully saturated rings. The van der Waals surface area contributed by atoms with Gasteiger partial charge in [-0.1, -0.05) is 54.6 Å². The molecule has 1 aliphatic heterocycles. The van der Waals surface area contributed by atoms with Crippen molar-refractivity contribution in [2.45, 2.75) is 64.1 Å². The van der Waals surface area contributed by atoms with Crippen LogP contribution in [0.25, 0.3) is 0 Å². The van der Waals surface area contributed by atoms with E-state index in [9.17, 15) is 37.4 Å². The topological polar surface area (TPSA) is 160 Å². The van der Waals surface area contributed by atoms with Gasteiger partial charge in [-0.3, -0.25) is 14.4 Å². The molecule has 0 saturated carbocycles. The number of aliphatic hydroxyl groups is 2. The van der Waals surface area contributed by atoms with E-state index >= 15 is 0 Å². The summed E-state index contributed by atoms with van der Waals surface area (Å²) >= 11 is 0. The highest BCUT2D eigenvalue weighted by Gasteiger charge is 2.37. The van der Waals surface area contributed by atoms with Crippen LogP contribution in [0.4, 0.5) is 10.1 Å². The molecule has 1 amide bonds. The predicted molar refractivity (Wildman–Crippen MR) is 187 cm³/mol. The number of nitrogens with zero attached hydrogens (tertiary/aromatic N) is 1. The number of aryl methyl sites for hydroxylation is 2. The van der Waals surface area contributed by atoms with Gasteiger partial charge in [0.15, 0.2) is 0 Å². The van der Waals surface area contributed by atoms with Crippen molar-refractivity contribution in [2.75, 3.05) is 37.5 Å². The molecule has 2 unspecified atom stereocenters. The number of amides is 1. The van der Waals surface area contributed by atoms with Gasteiger partial charge in [-0.15, -0.1) is 0 Å². The number of carbonyl (C=O) groups is 3. The molecule has 1 aliphatic rings. The summed E-state index contributed by atoms with van der Waals surface area (Å²) in [4.78, 5) is 35.9. The number of sulfonamides is 1. The smallest absolute Gasteiger partial charge is 0.302 e. The minimum absolute atomic E-state index is 0.0476. The second kappa shape index (κ2) is 19.3. The summed E-state index contributed by atoms with van der Waals surface area (Å²) < 4.78 is 47.2. The van der Waals surface area contributed by atoms with E-state index in [2.05, 4.69) is 4.72 Å². The van der Waals surface area contributed by atoms with E-state index in [1.54, 1.807) is 17.0 Å². The molecule has 3 aromatic rings. The third-order valence-electron chi connectivity index (χ3n) is 8.13. The van der Waals surface area contributed by atoms with Crippen molar-refractivity contribution < 1.29 is 46.9 Å². The Morgan fingerprint density at radius 2 is 1.52 bits per heavy atom. The Kier molecular flexibility index (Phi) is 15.5. The molecule has 50 heavy (non-hydrogen) atoms. The number of rotatable bonds is 17. The molecule has 11 nitrogen and oxygen atoms in total. The predicted octanol–water partition coefficient (Wildman–Crippen LogP) is 4.26. The molecule has 0 aromatic heterocycles. The number of hydrogen-bond donors (Lipinski definition) is 3. The Bertz CT molecular complexity index is 1620. The number of ether oxygens (including phenoxy) is 2. The molecular weight excluding hydrogens is 667 g/mol. The van der Waals surface area contributed by atoms with Crippen LogP contribution in [0.2, 0.25) is 0 Å². The third-order valence-corrected chi connectivity index (χ3v) is 8.85. The van der Waals surface area contributed by atoms with Gasteiger partial charge in [-0.25, -0.2) is 17.5 Å². The van der Waals surface area contributed by atoms with Gasteiger partial charge in [-0.05, 0) is 79.5 Å². The zero-order valence-corrected chi connectivity index (χ0v) is 29.5. The lowest BCUT2D eigenvalue weighted by Gasteiger charge is -2.39. The van der Waals surface area contributed by atoms with Gasteiger partial charge in [0.1, 0.15) is 24.6 Å². The van der Waals surface area contributed by atoms with Gasteiger partial charge in [-0.2, -0.15) is 0 Å². The molecule has 4 rings (SSSR count). The Labute approximate surface area is 293 Å². The van der Waals surface area contributed by atoms with E-state index in [0.717, 1.165) is 29.5 Å². The molecule has 0 radical (unpaired) electrons. The number of anilines is 1. The highest BCUT2D eigenvalue weighted by molar-refractivity contribution is 7.88. The Balaban J connectivity index is 0.000000295. The van der Waals surface area contributed by atoms with Crippen molar-refractivity contribution in [3.8, 4) is 0 Å². The van der Waals surface area contributed by atoms with E-state index in [0.29, 0.717) is 50.8 Å². The first-order chi connectivity index (χ1) is 23.6. The summed E-state index contributed by atoms with van der Waals surface area (Å²) in [6, 6.07) is 23.1. The minimum Gasteiger partial charge on any atom is -0.463 e.